The molecular formula is C28H23N3O8S. The SMILES string of the molecule is COc1ccc(/C=C2\SC(=O)N(CC(=O)Oc3cccc(/C=N\NC(=O)c4ccccc4O)c3)C2=O)cc1OC. The molecule has 0 spiro atoms. The third kappa shape index (κ3) is 6.66. The van der Waals surface area contributed by atoms with Gasteiger partial charge in [-0.15, -0.1) is 0 Å². The van der Waals surface area contributed by atoms with Crippen molar-refractivity contribution in [1.82, 2.24) is 10.3 Å². The van der Waals surface area contributed by atoms with Gasteiger partial charge in [-0.05, 0) is 65.4 Å². The molecule has 0 aliphatic carbocycles. The molecule has 1 heterocycles. The zero-order chi connectivity index (χ0) is 28.6. The highest BCUT2D eigenvalue weighted by molar-refractivity contribution is 8.18. The van der Waals surface area contributed by atoms with E-state index in [0.717, 1.165) is 4.90 Å². The number of nitrogens with one attached hydrogen (secondary N) is 1. The van der Waals surface area contributed by atoms with E-state index in [-0.39, 0.29) is 22.0 Å². The molecule has 1 fully saturated rings. The first kappa shape index (κ1) is 27.9. The molecule has 0 aromatic heterocycles. The van der Waals surface area contributed by atoms with Crippen LogP contribution in [-0.4, -0.2) is 60.0 Å². The summed E-state index contributed by atoms with van der Waals surface area (Å²) in [5.41, 5.74) is 3.47. The highest BCUT2D eigenvalue weighted by Gasteiger charge is 2.36. The average Bonchev–Trinajstić information content (AvgIpc) is 3.20. The van der Waals surface area contributed by atoms with Gasteiger partial charge < -0.3 is 19.3 Å². The van der Waals surface area contributed by atoms with Crippen LogP contribution in [-0.2, 0) is 9.59 Å². The van der Waals surface area contributed by atoms with Crippen LogP contribution in [0.4, 0.5) is 4.79 Å². The van der Waals surface area contributed by atoms with E-state index < -0.39 is 29.6 Å². The van der Waals surface area contributed by atoms with Crippen molar-refractivity contribution >= 4 is 47.1 Å². The Morgan fingerprint density at radius 2 is 1.75 bits per heavy atom. The lowest BCUT2D eigenvalue weighted by atomic mass is 10.2. The van der Waals surface area contributed by atoms with Crippen LogP contribution < -0.4 is 19.6 Å². The molecular weight excluding hydrogens is 538 g/mol. The predicted molar refractivity (Wildman–Crippen MR) is 147 cm³/mol. The summed E-state index contributed by atoms with van der Waals surface area (Å²) in [7, 11) is 2.99. The number of ether oxygens (including phenoxy) is 3. The monoisotopic (exact) mass is 561 g/mol. The highest BCUT2D eigenvalue weighted by atomic mass is 32.2. The van der Waals surface area contributed by atoms with Gasteiger partial charge >= 0.3 is 5.97 Å². The number of phenols is 1. The fourth-order valence-corrected chi connectivity index (χ4v) is 4.41. The molecule has 11 nitrogen and oxygen atoms in total. The molecule has 3 aromatic carbocycles. The van der Waals surface area contributed by atoms with Crippen LogP contribution in [0, 0.1) is 0 Å². The molecule has 0 atom stereocenters. The first-order chi connectivity index (χ1) is 19.3. The summed E-state index contributed by atoms with van der Waals surface area (Å²) in [6, 6.07) is 17.3. The standard InChI is InChI=1S/C28H23N3O8S/c1-37-22-11-10-17(13-23(22)38-2)14-24-27(35)31(28(36)40-24)16-25(33)39-19-7-5-6-18(12-19)15-29-30-26(34)20-8-3-4-9-21(20)32/h3-15,32H,16H2,1-2H3,(H,30,34)/b24-14-,29-15-. The van der Waals surface area contributed by atoms with E-state index in [0.29, 0.717) is 34.4 Å². The van der Waals surface area contributed by atoms with Gasteiger partial charge in [0.15, 0.2) is 11.5 Å². The average molecular weight is 562 g/mol. The van der Waals surface area contributed by atoms with Gasteiger partial charge in [0.1, 0.15) is 18.0 Å². The summed E-state index contributed by atoms with van der Waals surface area (Å²) < 4.78 is 15.8. The van der Waals surface area contributed by atoms with Gasteiger partial charge in [0.2, 0.25) is 0 Å². The van der Waals surface area contributed by atoms with Crippen LogP contribution >= 0.6 is 11.8 Å². The number of hydrogen-bond acceptors (Lipinski definition) is 10. The third-order valence-electron chi connectivity index (χ3n) is 5.48. The van der Waals surface area contributed by atoms with E-state index in [4.69, 9.17) is 14.2 Å². The molecule has 0 bridgehead atoms. The molecule has 204 valence electrons. The number of carbonyl (C=O) groups is 4. The molecule has 3 aromatic rings. The van der Waals surface area contributed by atoms with E-state index in [1.165, 1.54) is 50.8 Å². The van der Waals surface area contributed by atoms with Crippen molar-refractivity contribution < 1.29 is 38.5 Å². The summed E-state index contributed by atoms with van der Waals surface area (Å²) in [5, 5.41) is 13.0. The van der Waals surface area contributed by atoms with Crippen LogP contribution in [0.1, 0.15) is 21.5 Å². The molecule has 1 aliphatic heterocycles. The number of para-hydroxylation sites is 1. The number of rotatable bonds is 9. The Morgan fingerprint density at radius 3 is 2.50 bits per heavy atom. The van der Waals surface area contributed by atoms with E-state index in [1.54, 1.807) is 42.5 Å². The molecule has 0 saturated carbocycles. The molecule has 0 unspecified atom stereocenters. The zero-order valence-electron chi connectivity index (χ0n) is 21.3. The Morgan fingerprint density at radius 1 is 0.975 bits per heavy atom. The summed E-state index contributed by atoms with van der Waals surface area (Å²) in [5.74, 6) is -1.10. The highest BCUT2D eigenvalue weighted by Crippen LogP contribution is 2.34. The number of hydrazone groups is 1. The molecule has 3 amide bonds. The van der Waals surface area contributed by atoms with Crippen molar-refractivity contribution in [3.8, 4) is 23.0 Å². The Kier molecular flexibility index (Phi) is 8.82. The number of thioether (sulfide) groups is 1. The number of imide groups is 1. The van der Waals surface area contributed by atoms with Crippen LogP contribution in [0.15, 0.2) is 76.7 Å². The van der Waals surface area contributed by atoms with E-state index >= 15 is 0 Å². The minimum Gasteiger partial charge on any atom is -0.507 e. The largest absolute Gasteiger partial charge is 0.507 e. The first-order valence-electron chi connectivity index (χ1n) is 11.7. The van der Waals surface area contributed by atoms with Gasteiger partial charge in [0.05, 0.1) is 30.9 Å². The molecule has 2 N–H and O–H groups in total. The number of carbonyl (C=O) groups excluding carboxylic acids is 4. The number of hydrogen-bond donors (Lipinski definition) is 2. The Hall–Kier alpha value is -5.10. The molecule has 0 radical (unpaired) electrons. The van der Waals surface area contributed by atoms with E-state index in [2.05, 4.69) is 10.5 Å². The first-order valence-corrected chi connectivity index (χ1v) is 12.5. The summed E-state index contributed by atoms with van der Waals surface area (Å²) in [6.45, 7) is -0.580. The lowest BCUT2D eigenvalue weighted by Crippen LogP contribution is -2.35. The van der Waals surface area contributed by atoms with E-state index in [1.807, 2.05) is 0 Å². The van der Waals surface area contributed by atoms with Crippen LogP contribution in [0.2, 0.25) is 0 Å². The topological polar surface area (TPSA) is 144 Å². The van der Waals surface area contributed by atoms with Gasteiger partial charge in [0.25, 0.3) is 17.1 Å². The lowest BCUT2D eigenvalue weighted by molar-refractivity contribution is -0.138. The smallest absolute Gasteiger partial charge is 0.331 e. The molecule has 4 rings (SSSR count). The minimum absolute atomic E-state index is 0.0632. The number of benzene rings is 3. The van der Waals surface area contributed by atoms with Gasteiger partial charge in [-0.3, -0.25) is 19.3 Å². The molecule has 1 saturated heterocycles. The third-order valence-corrected chi connectivity index (χ3v) is 6.39. The fourth-order valence-electron chi connectivity index (χ4n) is 3.57. The fraction of sp³-hybridized carbons (Fsp3) is 0.107. The van der Waals surface area contributed by atoms with Crippen molar-refractivity contribution in [1.29, 1.82) is 0 Å². The Bertz CT molecular complexity index is 1540. The lowest BCUT2D eigenvalue weighted by Gasteiger charge is -2.12. The zero-order valence-corrected chi connectivity index (χ0v) is 22.1. The van der Waals surface area contributed by atoms with Crippen LogP contribution in [0.25, 0.3) is 6.08 Å². The van der Waals surface area contributed by atoms with Gasteiger partial charge in [-0.25, -0.2) is 10.2 Å². The second kappa shape index (κ2) is 12.6. The van der Waals surface area contributed by atoms with Gasteiger partial charge in [0, 0.05) is 0 Å². The van der Waals surface area contributed by atoms with E-state index in [9.17, 15) is 24.3 Å². The maximum atomic E-state index is 12.8. The van der Waals surface area contributed by atoms with Crippen molar-refractivity contribution in [2.24, 2.45) is 5.10 Å². The number of methoxy groups -OCH3 is 2. The van der Waals surface area contributed by atoms with Crippen molar-refractivity contribution in [2.75, 3.05) is 20.8 Å². The number of esters is 1. The number of aromatic hydroxyl groups is 1. The van der Waals surface area contributed by atoms with Crippen molar-refractivity contribution in [2.45, 2.75) is 0 Å². The maximum absolute atomic E-state index is 12.8. The van der Waals surface area contributed by atoms with Crippen molar-refractivity contribution in [3.63, 3.8) is 0 Å². The van der Waals surface area contributed by atoms with Crippen LogP contribution in [0.3, 0.4) is 0 Å². The Labute approximate surface area is 233 Å². The second-order valence-electron chi connectivity index (χ2n) is 8.15. The maximum Gasteiger partial charge on any atom is 0.331 e. The van der Waals surface area contributed by atoms with Crippen LogP contribution in [0.5, 0.6) is 23.0 Å². The quantitative estimate of drug-likeness (QED) is 0.131. The number of amides is 3. The molecule has 40 heavy (non-hydrogen) atoms. The second-order valence-corrected chi connectivity index (χ2v) is 9.14. The Balaban J connectivity index is 1.36. The van der Waals surface area contributed by atoms with Gasteiger partial charge in [-0.1, -0.05) is 30.3 Å². The molecule has 1 aliphatic rings. The number of nitrogens with zero attached hydrogens (tertiary/aromatic N) is 2. The van der Waals surface area contributed by atoms with Crippen molar-refractivity contribution in [3.05, 3.63) is 88.3 Å². The summed E-state index contributed by atoms with van der Waals surface area (Å²) >= 11 is 0.713. The predicted octanol–water partition coefficient (Wildman–Crippen LogP) is 3.82. The minimum atomic E-state index is -0.823. The normalized spacial score (nSPS) is 14.1. The summed E-state index contributed by atoms with van der Waals surface area (Å²) in [4.78, 5) is 50.9. The molecule has 12 heteroatoms. The van der Waals surface area contributed by atoms with Gasteiger partial charge in [-0.2, -0.15) is 5.10 Å². The number of phenolic OH excluding ortho intramolecular Hbond substituents is 1. The summed E-state index contributed by atoms with van der Waals surface area (Å²) in [6.07, 6.45) is 2.85.